The van der Waals surface area contributed by atoms with Gasteiger partial charge in [0.25, 0.3) is 0 Å². The van der Waals surface area contributed by atoms with Gasteiger partial charge in [-0.2, -0.15) is 0 Å². The van der Waals surface area contributed by atoms with Crippen LogP contribution < -0.4 is 38.2 Å². The van der Waals surface area contributed by atoms with E-state index in [0.29, 0.717) is 0 Å². The lowest BCUT2D eigenvalue weighted by molar-refractivity contribution is 0.913. The summed E-state index contributed by atoms with van der Waals surface area (Å²) in [6.07, 6.45) is 0.854. The van der Waals surface area contributed by atoms with E-state index in [2.05, 4.69) is 176 Å². The maximum Gasteiger partial charge on any atom is 0.140 e. The lowest BCUT2D eigenvalue weighted by Gasteiger charge is -2.26. The van der Waals surface area contributed by atoms with Gasteiger partial charge in [-0.05, 0) is 78.2 Å². The van der Waals surface area contributed by atoms with Crippen molar-refractivity contribution in [3.05, 3.63) is 115 Å². The number of hydrogen-bond donors (Lipinski definition) is 0. The Balaban J connectivity index is 1.40. The van der Waals surface area contributed by atoms with Crippen molar-refractivity contribution < 1.29 is 0 Å². The highest BCUT2D eigenvalue weighted by molar-refractivity contribution is 6.72. The Morgan fingerprint density at radius 1 is 0.442 bits per heavy atom. The summed E-state index contributed by atoms with van der Waals surface area (Å²) in [6, 6.07) is 40.3. The molecule has 1 aromatic heterocycles. The lowest BCUT2D eigenvalue weighted by atomic mass is 9.58. The summed E-state index contributed by atoms with van der Waals surface area (Å²) in [5.74, 6) is 1.08. The number of rotatable bonds is 4. The first-order valence-corrected chi connectivity index (χ1v) is 18.6. The van der Waals surface area contributed by atoms with Crippen molar-refractivity contribution in [1.82, 2.24) is 9.55 Å². The summed E-state index contributed by atoms with van der Waals surface area (Å²) >= 11 is 0. The predicted molar refractivity (Wildman–Crippen MR) is 249 cm³/mol. The second-order valence-electron chi connectivity index (χ2n) is 14.7. The smallest absolute Gasteiger partial charge is 0.140 e. The molecular weight excluding hydrogens is 620 g/mol. The van der Waals surface area contributed by atoms with Crippen LogP contribution in [0.2, 0.25) is 0 Å². The number of fused-ring (bicyclic) bond motifs is 5. The normalized spacial score (nSPS) is 11.8. The number of nitrogens with zero attached hydrogens (tertiary/aromatic N) is 2. The van der Waals surface area contributed by atoms with Crippen molar-refractivity contribution in [1.29, 1.82) is 0 Å². The first-order chi connectivity index (χ1) is 25.2. The van der Waals surface area contributed by atoms with Gasteiger partial charge in [0.05, 0.1) is 16.7 Å². The molecule has 0 saturated heterocycles. The van der Waals surface area contributed by atoms with Crippen LogP contribution in [0.1, 0.15) is 12.7 Å². The lowest BCUT2D eigenvalue weighted by Crippen LogP contribution is -2.52. The molecule has 8 aromatic carbocycles. The Kier molecular flexibility index (Phi) is 7.63. The van der Waals surface area contributed by atoms with Gasteiger partial charge in [-0.15, -0.1) is 10.9 Å². The topological polar surface area (TPSA) is 17.8 Å². The van der Waals surface area contributed by atoms with E-state index in [1.807, 2.05) is 0 Å². The Bertz CT molecular complexity index is 2930. The van der Waals surface area contributed by atoms with Crippen molar-refractivity contribution >= 4 is 147 Å². The summed E-state index contributed by atoms with van der Waals surface area (Å²) in [5.41, 5.74) is 18.3. The van der Waals surface area contributed by atoms with E-state index in [1.165, 1.54) is 109 Å². The molecule has 0 spiro atoms. The van der Waals surface area contributed by atoms with Crippen LogP contribution in [0.15, 0.2) is 109 Å². The monoisotopic (exact) mass is 658 g/mol. The summed E-state index contributed by atoms with van der Waals surface area (Å²) in [7, 11) is 16.2. The molecule has 0 aliphatic heterocycles. The van der Waals surface area contributed by atoms with Gasteiger partial charge in [0, 0.05) is 11.8 Å². The zero-order chi connectivity index (χ0) is 36.0. The molecule has 0 aliphatic carbocycles. The number of para-hydroxylation sites is 2. The molecule has 52 heavy (non-hydrogen) atoms. The second kappa shape index (κ2) is 12.2. The van der Waals surface area contributed by atoms with Crippen LogP contribution in [0.5, 0.6) is 0 Å². The van der Waals surface area contributed by atoms with Gasteiger partial charge in [0.1, 0.15) is 60.7 Å². The van der Waals surface area contributed by atoms with E-state index in [9.17, 15) is 0 Å². The fourth-order valence-corrected chi connectivity index (χ4v) is 9.37. The highest BCUT2D eigenvalue weighted by Gasteiger charge is 2.24. The van der Waals surface area contributed by atoms with E-state index in [0.717, 1.165) is 23.3 Å². The van der Waals surface area contributed by atoms with E-state index in [4.69, 9.17) is 4.98 Å². The largest absolute Gasteiger partial charge is 0.296 e. The van der Waals surface area contributed by atoms with Crippen LogP contribution in [0.3, 0.4) is 0 Å². The Labute approximate surface area is 311 Å². The zero-order valence-electron chi connectivity index (χ0n) is 31.5. The summed E-state index contributed by atoms with van der Waals surface area (Å²) < 4.78 is 2.36. The molecule has 9 heteroatoms. The highest BCUT2D eigenvalue weighted by Crippen LogP contribution is 2.45. The molecule has 0 saturated carbocycles. The maximum absolute atomic E-state index is 5.04. The van der Waals surface area contributed by atoms with Crippen LogP contribution in [0.25, 0.3) is 82.1 Å². The molecule has 0 radical (unpaired) electrons. The molecule has 0 amide bonds. The van der Waals surface area contributed by atoms with Gasteiger partial charge in [-0.1, -0.05) is 125 Å². The minimum atomic E-state index is 0.854. The second-order valence-corrected chi connectivity index (χ2v) is 14.7. The Morgan fingerprint density at radius 3 is 1.52 bits per heavy atom. The number of hydrogen-bond acceptors (Lipinski definition) is 1. The standard InChI is InChI=1S/C43H37B7N2/c1-2-31-51-28-17-9-10-18-30(28)52(31)29-20-19-27(21-11-3-4-12-22(21)29)32-23-13-5-7-15-25(23)33(26-16-8-6-14-24(26)32)34-37(44)35-36(39(46)38(34)45)41(48)43(50)42(49)40(35)47/h3-20H,2,44-50H2,1H3. The van der Waals surface area contributed by atoms with Crippen LogP contribution in [-0.4, -0.2) is 64.5 Å². The Hall–Kier alpha value is -5.28. The van der Waals surface area contributed by atoms with Crippen molar-refractivity contribution in [2.24, 2.45) is 0 Å². The van der Waals surface area contributed by atoms with E-state index in [1.54, 1.807) is 0 Å². The van der Waals surface area contributed by atoms with E-state index in [-0.39, 0.29) is 0 Å². The molecule has 9 aromatic rings. The number of aromatic nitrogens is 2. The number of aryl methyl sites for hydroxylation is 1. The molecule has 9 rings (SSSR count). The van der Waals surface area contributed by atoms with Crippen molar-refractivity contribution in [3.8, 4) is 27.9 Å². The van der Waals surface area contributed by atoms with Gasteiger partial charge < -0.3 is 0 Å². The van der Waals surface area contributed by atoms with Crippen LogP contribution >= 0.6 is 0 Å². The quantitative estimate of drug-likeness (QED) is 0.182. The maximum atomic E-state index is 5.04. The van der Waals surface area contributed by atoms with Gasteiger partial charge in [-0.3, -0.25) is 4.57 Å². The third-order valence-electron chi connectivity index (χ3n) is 12.3. The molecular formula is C43H37B7N2. The highest BCUT2D eigenvalue weighted by atomic mass is 15.1. The molecule has 0 fully saturated rings. The number of imidazole rings is 1. The first-order valence-electron chi connectivity index (χ1n) is 18.6. The molecule has 0 bridgehead atoms. The molecule has 2 nitrogen and oxygen atoms in total. The van der Waals surface area contributed by atoms with E-state index >= 15 is 0 Å². The summed E-state index contributed by atoms with van der Waals surface area (Å²) in [5, 5.41) is 10.4. The minimum Gasteiger partial charge on any atom is -0.296 e. The average molecular weight is 657 g/mol. The van der Waals surface area contributed by atoms with Gasteiger partial charge in [0.2, 0.25) is 0 Å². The molecule has 0 N–H and O–H groups in total. The Morgan fingerprint density at radius 2 is 0.923 bits per heavy atom. The molecule has 0 atom stereocenters. The number of benzene rings is 8. The van der Waals surface area contributed by atoms with Crippen molar-refractivity contribution in [3.63, 3.8) is 0 Å². The summed E-state index contributed by atoms with van der Waals surface area (Å²) in [6.45, 7) is 2.19. The predicted octanol–water partition coefficient (Wildman–Crippen LogP) is -0.656. The molecule has 1 heterocycles. The van der Waals surface area contributed by atoms with Gasteiger partial charge >= 0.3 is 0 Å². The minimum absolute atomic E-state index is 0.854. The fourth-order valence-electron chi connectivity index (χ4n) is 9.37. The van der Waals surface area contributed by atoms with Gasteiger partial charge in [0.15, 0.2) is 0 Å². The fraction of sp³-hybridized carbons (Fsp3) is 0.0465. The molecule has 0 aliphatic rings. The first kappa shape index (κ1) is 32.6. The average Bonchev–Trinajstić information content (AvgIpc) is 3.55. The molecule has 0 unspecified atom stereocenters. The third kappa shape index (κ3) is 4.51. The summed E-state index contributed by atoms with van der Waals surface area (Å²) in [4.78, 5) is 5.04. The van der Waals surface area contributed by atoms with Gasteiger partial charge in [-0.25, -0.2) is 4.98 Å². The van der Waals surface area contributed by atoms with Crippen molar-refractivity contribution in [2.75, 3.05) is 0 Å². The third-order valence-corrected chi connectivity index (χ3v) is 12.3. The SMILES string of the molecule is Bc1c(B)c(B)c2c(B)c(-c3c4ccccc4c(-c4ccc(-n5c(CC)nc6ccccc65)c5ccccc45)c4ccccc34)c(B)c(B)c2c1B. The molecule has 240 valence electrons. The van der Waals surface area contributed by atoms with Crippen molar-refractivity contribution in [2.45, 2.75) is 13.3 Å². The zero-order valence-corrected chi connectivity index (χ0v) is 31.5. The van der Waals surface area contributed by atoms with Crippen LogP contribution in [0.4, 0.5) is 0 Å². The van der Waals surface area contributed by atoms with E-state index < -0.39 is 0 Å². The van der Waals surface area contributed by atoms with Crippen LogP contribution in [-0.2, 0) is 6.42 Å². The van der Waals surface area contributed by atoms with Crippen LogP contribution in [0, 0.1) is 0 Å².